The van der Waals surface area contributed by atoms with E-state index in [-0.39, 0.29) is 6.61 Å². The average Bonchev–Trinajstić information content (AvgIpc) is 2.45. The quantitative estimate of drug-likeness (QED) is 0.638. The Kier molecular flexibility index (Phi) is 8.02. The van der Waals surface area contributed by atoms with E-state index in [0.717, 1.165) is 17.9 Å². The fourth-order valence-electron chi connectivity index (χ4n) is 1.64. The van der Waals surface area contributed by atoms with Crippen LogP contribution in [0.25, 0.3) is 0 Å². The van der Waals surface area contributed by atoms with Gasteiger partial charge in [-0.1, -0.05) is 19.9 Å². The predicted molar refractivity (Wildman–Crippen MR) is 78.4 cm³/mol. The van der Waals surface area contributed by atoms with E-state index in [1.165, 1.54) is 0 Å². The van der Waals surface area contributed by atoms with E-state index in [1.54, 1.807) is 7.11 Å². The van der Waals surface area contributed by atoms with Crippen LogP contribution in [-0.4, -0.2) is 44.7 Å². The Labute approximate surface area is 120 Å². The van der Waals surface area contributed by atoms with Gasteiger partial charge in [0.25, 0.3) is 0 Å². The van der Waals surface area contributed by atoms with Crippen LogP contribution in [0.1, 0.15) is 19.4 Å². The lowest BCUT2D eigenvalue weighted by molar-refractivity contribution is 0.0699. The Hall–Kier alpha value is -1.30. The van der Waals surface area contributed by atoms with Crippen LogP contribution >= 0.6 is 0 Å². The first kappa shape index (κ1) is 16.8. The molecule has 1 aromatic carbocycles. The molecule has 20 heavy (non-hydrogen) atoms. The van der Waals surface area contributed by atoms with Crippen molar-refractivity contribution in [2.24, 2.45) is 0 Å². The summed E-state index contributed by atoms with van der Waals surface area (Å²) in [6, 6.07) is 6.34. The smallest absolute Gasteiger partial charge is 0.161 e. The normalized spacial score (nSPS) is 10.8. The van der Waals surface area contributed by atoms with Gasteiger partial charge in [0.2, 0.25) is 0 Å². The van der Waals surface area contributed by atoms with Crippen molar-refractivity contribution >= 4 is 0 Å². The Morgan fingerprint density at radius 3 is 2.60 bits per heavy atom. The van der Waals surface area contributed by atoms with Gasteiger partial charge in [-0.05, 0) is 17.7 Å². The lowest BCUT2D eigenvalue weighted by Crippen LogP contribution is -2.21. The van der Waals surface area contributed by atoms with Crippen LogP contribution in [0.4, 0.5) is 0 Å². The van der Waals surface area contributed by atoms with Crippen molar-refractivity contribution < 1.29 is 19.3 Å². The van der Waals surface area contributed by atoms with E-state index in [0.29, 0.717) is 31.6 Å². The molecule has 0 fully saturated rings. The molecule has 114 valence electrons. The van der Waals surface area contributed by atoms with E-state index in [4.69, 9.17) is 19.3 Å². The van der Waals surface area contributed by atoms with Crippen LogP contribution in [0, 0.1) is 0 Å². The van der Waals surface area contributed by atoms with Gasteiger partial charge in [0.1, 0.15) is 6.61 Å². The van der Waals surface area contributed by atoms with Gasteiger partial charge in [-0.2, -0.15) is 0 Å². The number of aliphatic hydroxyl groups is 1. The lowest BCUT2D eigenvalue weighted by Gasteiger charge is -2.13. The maximum absolute atomic E-state index is 8.59. The van der Waals surface area contributed by atoms with Crippen LogP contribution in [0.5, 0.6) is 11.5 Å². The maximum atomic E-state index is 8.59. The van der Waals surface area contributed by atoms with Gasteiger partial charge in [0.15, 0.2) is 11.5 Å². The molecule has 0 spiro atoms. The van der Waals surface area contributed by atoms with E-state index in [2.05, 4.69) is 19.2 Å². The molecule has 0 saturated heterocycles. The zero-order chi connectivity index (χ0) is 14.8. The molecule has 0 atom stereocenters. The van der Waals surface area contributed by atoms with Gasteiger partial charge >= 0.3 is 0 Å². The zero-order valence-electron chi connectivity index (χ0n) is 12.5. The molecular weight excluding hydrogens is 258 g/mol. The highest BCUT2D eigenvalue weighted by Crippen LogP contribution is 2.28. The molecule has 0 saturated carbocycles. The second-order valence-corrected chi connectivity index (χ2v) is 4.71. The molecule has 0 radical (unpaired) electrons. The van der Waals surface area contributed by atoms with E-state index >= 15 is 0 Å². The van der Waals surface area contributed by atoms with Gasteiger partial charge in [-0.15, -0.1) is 0 Å². The van der Waals surface area contributed by atoms with Crippen molar-refractivity contribution in [1.29, 1.82) is 0 Å². The Morgan fingerprint density at radius 1 is 1.15 bits per heavy atom. The SMILES string of the molecule is COc1cc(CNC(C)C)ccc1OCCOCCO. The Balaban J connectivity index is 2.50. The molecule has 5 nitrogen and oxygen atoms in total. The number of hydrogen-bond acceptors (Lipinski definition) is 5. The molecule has 5 heteroatoms. The molecular formula is C15H25NO4. The summed E-state index contributed by atoms with van der Waals surface area (Å²) in [5, 5.41) is 12.0. The first-order valence-electron chi connectivity index (χ1n) is 6.89. The van der Waals surface area contributed by atoms with Crippen LogP contribution < -0.4 is 14.8 Å². The summed E-state index contributed by atoms with van der Waals surface area (Å²) in [6.07, 6.45) is 0. The third kappa shape index (κ3) is 6.23. The minimum atomic E-state index is 0.0286. The van der Waals surface area contributed by atoms with Crippen molar-refractivity contribution in [1.82, 2.24) is 5.32 Å². The van der Waals surface area contributed by atoms with Gasteiger partial charge in [-0.3, -0.25) is 0 Å². The summed E-state index contributed by atoms with van der Waals surface area (Å²) < 4.78 is 16.1. The maximum Gasteiger partial charge on any atom is 0.161 e. The van der Waals surface area contributed by atoms with Crippen LogP contribution in [0.15, 0.2) is 18.2 Å². The molecule has 1 aromatic rings. The molecule has 0 aromatic heterocycles. The summed E-state index contributed by atoms with van der Waals surface area (Å²) in [7, 11) is 1.63. The summed E-state index contributed by atoms with van der Waals surface area (Å²) in [5.74, 6) is 1.42. The molecule has 0 unspecified atom stereocenters. The fraction of sp³-hybridized carbons (Fsp3) is 0.600. The molecule has 0 aliphatic carbocycles. The highest BCUT2D eigenvalue weighted by Gasteiger charge is 2.06. The summed E-state index contributed by atoms with van der Waals surface area (Å²) in [6.45, 7) is 6.26. The number of nitrogens with one attached hydrogen (secondary N) is 1. The standard InChI is InChI=1S/C15H25NO4/c1-12(2)16-11-13-4-5-14(15(10-13)18-3)20-9-8-19-7-6-17/h4-5,10,12,16-17H,6-9,11H2,1-3H3. The second kappa shape index (κ2) is 9.58. The van der Waals surface area contributed by atoms with Gasteiger partial charge in [-0.25, -0.2) is 0 Å². The molecule has 0 aliphatic rings. The van der Waals surface area contributed by atoms with Crippen molar-refractivity contribution in [2.45, 2.75) is 26.4 Å². The third-order valence-electron chi connectivity index (χ3n) is 2.66. The molecule has 0 amide bonds. The van der Waals surface area contributed by atoms with Crippen molar-refractivity contribution in [3.8, 4) is 11.5 Å². The number of ether oxygens (including phenoxy) is 3. The van der Waals surface area contributed by atoms with Crippen LogP contribution in [-0.2, 0) is 11.3 Å². The van der Waals surface area contributed by atoms with Crippen LogP contribution in [0.3, 0.4) is 0 Å². The van der Waals surface area contributed by atoms with Gasteiger partial charge in [0, 0.05) is 12.6 Å². The highest BCUT2D eigenvalue weighted by molar-refractivity contribution is 5.42. The average molecular weight is 283 g/mol. The van der Waals surface area contributed by atoms with E-state index in [1.807, 2.05) is 18.2 Å². The second-order valence-electron chi connectivity index (χ2n) is 4.71. The summed E-state index contributed by atoms with van der Waals surface area (Å²) in [5.41, 5.74) is 1.15. The number of rotatable bonds is 10. The lowest BCUT2D eigenvalue weighted by atomic mass is 10.2. The number of aliphatic hydroxyl groups excluding tert-OH is 1. The van der Waals surface area contributed by atoms with Gasteiger partial charge in [0.05, 0.1) is 26.9 Å². The van der Waals surface area contributed by atoms with E-state index < -0.39 is 0 Å². The molecule has 0 aliphatic heterocycles. The third-order valence-corrected chi connectivity index (χ3v) is 2.66. The van der Waals surface area contributed by atoms with Crippen molar-refractivity contribution in [3.05, 3.63) is 23.8 Å². The fourth-order valence-corrected chi connectivity index (χ4v) is 1.64. The first-order chi connectivity index (χ1) is 9.67. The van der Waals surface area contributed by atoms with Crippen molar-refractivity contribution in [2.75, 3.05) is 33.5 Å². The number of benzene rings is 1. The number of hydrogen-bond donors (Lipinski definition) is 2. The Morgan fingerprint density at radius 2 is 1.95 bits per heavy atom. The first-order valence-corrected chi connectivity index (χ1v) is 6.89. The minimum Gasteiger partial charge on any atom is -0.493 e. The zero-order valence-corrected chi connectivity index (χ0v) is 12.5. The molecule has 0 bridgehead atoms. The predicted octanol–water partition coefficient (Wildman–Crippen LogP) is 1.58. The Bertz CT molecular complexity index is 382. The number of methoxy groups -OCH3 is 1. The van der Waals surface area contributed by atoms with Crippen molar-refractivity contribution in [3.63, 3.8) is 0 Å². The molecule has 0 heterocycles. The minimum absolute atomic E-state index is 0.0286. The van der Waals surface area contributed by atoms with E-state index in [9.17, 15) is 0 Å². The molecule has 1 rings (SSSR count). The van der Waals surface area contributed by atoms with Crippen LogP contribution in [0.2, 0.25) is 0 Å². The monoisotopic (exact) mass is 283 g/mol. The summed E-state index contributed by atoms with van der Waals surface area (Å²) >= 11 is 0. The molecule has 2 N–H and O–H groups in total. The van der Waals surface area contributed by atoms with Gasteiger partial charge < -0.3 is 24.6 Å². The summed E-state index contributed by atoms with van der Waals surface area (Å²) in [4.78, 5) is 0. The highest BCUT2D eigenvalue weighted by atomic mass is 16.5. The largest absolute Gasteiger partial charge is 0.493 e. The topological polar surface area (TPSA) is 60.0 Å².